The van der Waals surface area contributed by atoms with Crippen molar-refractivity contribution in [3.63, 3.8) is 0 Å². The maximum absolute atomic E-state index is 12.3. The number of hydrogen-bond acceptors (Lipinski definition) is 2. The van der Waals surface area contributed by atoms with Crippen molar-refractivity contribution in [3.8, 4) is 0 Å². The molecule has 0 fully saturated rings. The maximum Gasteiger partial charge on any atom is 0.501 e. The standard InChI is InChI=1S/C6H5F7O2/c1-2-4(7,8)3(14)15-6(12,13)5(9,10)11/h2H2,1H3. The van der Waals surface area contributed by atoms with Crippen molar-refractivity contribution in [2.75, 3.05) is 0 Å². The van der Waals surface area contributed by atoms with E-state index in [0.717, 1.165) is 6.92 Å². The van der Waals surface area contributed by atoms with Gasteiger partial charge in [0.15, 0.2) is 0 Å². The molecule has 2 nitrogen and oxygen atoms in total. The summed E-state index contributed by atoms with van der Waals surface area (Å²) in [7, 11) is 0. The van der Waals surface area contributed by atoms with Crippen molar-refractivity contribution >= 4 is 5.97 Å². The van der Waals surface area contributed by atoms with Crippen LogP contribution in [0.4, 0.5) is 30.7 Å². The topological polar surface area (TPSA) is 26.3 Å². The molecule has 0 bridgehead atoms. The molecule has 0 rings (SSSR count). The van der Waals surface area contributed by atoms with Gasteiger partial charge in [-0.15, -0.1) is 0 Å². The summed E-state index contributed by atoms with van der Waals surface area (Å²) in [5.41, 5.74) is 0. The quantitative estimate of drug-likeness (QED) is 0.561. The Kier molecular flexibility index (Phi) is 3.59. The zero-order valence-electron chi connectivity index (χ0n) is 7.17. The SMILES string of the molecule is CCC(F)(F)C(=O)OC(F)(F)C(F)(F)F. The molecule has 0 aromatic rings. The first-order valence-corrected chi connectivity index (χ1v) is 3.50. The summed E-state index contributed by atoms with van der Waals surface area (Å²) < 4.78 is 85.1. The zero-order valence-corrected chi connectivity index (χ0v) is 7.17. The number of halogens is 7. The average Bonchev–Trinajstić information content (AvgIpc) is 2.01. The Morgan fingerprint density at radius 3 is 1.73 bits per heavy atom. The highest BCUT2D eigenvalue weighted by atomic mass is 19.4. The van der Waals surface area contributed by atoms with Gasteiger partial charge in [-0.05, 0) is 0 Å². The van der Waals surface area contributed by atoms with Crippen LogP contribution in [0.25, 0.3) is 0 Å². The smallest absolute Gasteiger partial charge is 0.389 e. The molecule has 0 spiro atoms. The Morgan fingerprint density at radius 2 is 1.47 bits per heavy atom. The summed E-state index contributed by atoms with van der Waals surface area (Å²) >= 11 is 0. The Hall–Kier alpha value is -1.02. The lowest BCUT2D eigenvalue weighted by Crippen LogP contribution is -2.45. The first kappa shape index (κ1) is 14.0. The summed E-state index contributed by atoms with van der Waals surface area (Å²) in [5.74, 6) is -7.28. The van der Waals surface area contributed by atoms with Gasteiger partial charge < -0.3 is 4.74 Å². The third-order valence-electron chi connectivity index (χ3n) is 1.29. The number of rotatable bonds is 3. The van der Waals surface area contributed by atoms with Crippen LogP contribution in [0.2, 0.25) is 0 Å². The highest BCUT2D eigenvalue weighted by Crippen LogP contribution is 2.38. The second-order valence-corrected chi connectivity index (χ2v) is 2.46. The van der Waals surface area contributed by atoms with Crippen LogP contribution < -0.4 is 0 Å². The minimum absolute atomic E-state index is 0.729. The molecule has 0 aromatic heterocycles. The van der Waals surface area contributed by atoms with Gasteiger partial charge in [0.25, 0.3) is 0 Å². The van der Waals surface area contributed by atoms with Crippen molar-refractivity contribution in [2.45, 2.75) is 31.6 Å². The first-order chi connectivity index (χ1) is 6.44. The highest BCUT2D eigenvalue weighted by molar-refractivity contribution is 5.77. The van der Waals surface area contributed by atoms with E-state index in [-0.39, 0.29) is 0 Å². The van der Waals surface area contributed by atoms with Crippen LogP contribution in [-0.4, -0.2) is 24.2 Å². The van der Waals surface area contributed by atoms with Crippen LogP contribution in [0.15, 0.2) is 0 Å². The molecule has 0 amide bonds. The lowest BCUT2D eigenvalue weighted by molar-refractivity contribution is -0.380. The summed E-state index contributed by atoms with van der Waals surface area (Å²) in [5, 5.41) is 0. The number of ether oxygens (including phenoxy) is 1. The van der Waals surface area contributed by atoms with Crippen LogP contribution in [0.3, 0.4) is 0 Å². The van der Waals surface area contributed by atoms with E-state index >= 15 is 0 Å². The Balaban J connectivity index is 4.70. The summed E-state index contributed by atoms with van der Waals surface area (Å²) in [6.45, 7) is 0.729. The van der Waals surface area contributed by atoms with Gasteiger partial charge in [0.05, 0.1) is 0 Å². The third kappa shape index (κ3) is 3.24. The molecular formula is C6H5F7O2. The van der Waals surface area contributed by atoms with E-state index in [0.29, 0.717) is 0 Å². The van der Waals surface area contributed by atoms with E-state index in [2.05, 4.69) is 4.74 Å². The fraction of sp³-hybridized carbons (Fsp3) is 0.833. The van der Waals surface area contributed by atoms with Crippen LogP contribution in [0, 0.1) is 0 Å². The molecule has 0 N–H and O–H groups in total. The predicted molar refractivity (Wildman–Crippen MR) is 32.3 cm³/mol. The third-order valence-corrected chi connectivity index (χ3v) is 1.29. The molecule has 0 aromatic carbocycles. The lowest BCUT2D eigenvalue weighted by atomic mass is 10.3. The monoisotopic (exact) mass is 242 g/mol. The molecule has 0 aliphatic heterocycles. The van der Waals surface area contributed by atoms with Crippen molar-refractivity contribution in [1.29, 1.82) is 0 Å². The summed E-state index contributed by atoms with van der Waals surface area (Å²) in [6.07, 6.45) is -13.4. The largest absolute Gasteiger partial charge is 0.501 e. The maximum atomic E-state index is 12.3. The molecule has 15 heavy (non-hydrogen) atoms. The van der Waals surface area contributed by atoms with Crippen LogP contribution in [0.1, 0.15) is 13.3 Å². The van der Waals surface area contributed by atoms with Crippen molar-refractivity contribution in [1.82, 2.24) is 0 Å². The van der Waals surface area contributed by atoms with Gasteiger partial charge in [0, 0.05) is 6.42 Å². The molecule has 0 atom stereocenters. The second-order valence-electron chi connectivity index (χ2n) is 2.46. The fourth-order valence-electron chi connectivity index (χ4n) is 0.393. The first-order valence-electron chi connectivity index (χ1n) is 3.50. The molecule has 0 aliphatic carbocycles. The van der Waals surface area contributed by atoms with Gasteiger partial charge in [0.1, 0.15) is 0 Å². The molecule has 0 radical (unpaired) electrons. The summed E-state index contributed by atoms with van der Waals surface area (Å²) in [6, 6.07) is 0. The minimum Gasteiger partial charge on any atom is -0.389 e. The van der Waals surface area contributed by atoms with Gasteiger partial charge in [-0.25, -0.2) is 4.79 Å². The normalized spacial score (nSPS) is 13.9. The van der Waals surface area contributed by atoms with E-state index < -0.39 is 30.6 Å². The second kappa shape index (κ2) is 3.86. The molecule has 9 heteroatoms. The van der Waals surface area contributed by atoms with Crippen molar-refractivity contribution in [2.24, 2.45) is 0 Å². The van der Waals surface area contributed by atoms with Crippen LogP contribution in [0.5, 0.6) is 0 Å². The fourth-order valence-corrected chi connectivity index (χ4v) is 0.393. The number of carbonyl (C=O) groups is 1. The number of hydrogen-bond donors (Lipinski definition) is 0. The Labute approximate surface area is 79.0 Å². The van der Waals surface area contributed by atoms with Gasteiger partial charge >= 0.3 is 24.2 Å². The van der Waals surface area contributed by atoms with Gasteiger partial charge in [-0.3, -0.25) is 0 Å². The molecule has 0 heterocycles. The molecule has 90 valence electrons. The minimum atomic E-state index is -6.22. The molecule has 0 aliphatic rings. The number of esters is 1. The predicted octanol–water partition coefficient (Wildman–Crippen LogP) is 2.73. The van der Waals surface area contributed by atoms with Crippen LogP contribution >= 0.6 is 0 Å². The molecule has 0 saturated heterocycles. The summed E-state index contributed by atoms with van der Waals surface area (Å²) in [4.78, 5) is 10.2. The van der Waals surface area contributed by atoms with Gasteiger partial charge in [-0.2, -0.15) is 30.7 Å². The number of carbonyl (C=O) groups excluding carboxylic acids is 1. The highest BCUT2D eigenvalue weighted by Gasteiger charge is 2.63. The van der Waals surface area contributed by atoms with E-state index in [4.69, 9.17) is 0 Å². The Bertz CT molecular complexity index is 244. The van der Waals surface area contributed by atoms with Gasteiger partial charge in [0.2, 0.25) is 0 Å². The van der Waals surface area contributed by atoms with Crippen LogP contribution in [-0.2, 0) is 9.53 Å². The van der Waals surface area contributed by atoms with E-state index in [1.54, 1.807) is 0 Å². The molecule has 0 unspecified atom stereocenters. The zero-order chi connectivity index (χ0) is 12.5. The van der Waals surface area contributed by atoms with Crippen molar-refractivity contribution < 1.29 is 40.3 Å². The van der Waals surface area contributed by atoms with Crippen molar-refractivity contribution in [3.05, 3.63) is 0 Å². The lowest BCUT2D eigenvalue weighted by Gasteiger charge is -2.21. The van der Waals surface area contributed by atoms with E-state index in [9.17, 15) is 35.5 Å². The average molecular weight is 242 g/mol. The molecular weight excluding hydrogens is 237 g/mol. The van der Waals surface area contributed by atoms with E-state index in [1.807, 2.05) is 0 Å². The van der Waals surface area contributed by atoms with Gasteiger partial charge in [-0.1, -0.05) is 6.92 Å². The molecule has 0 saturated carbocycles. The van der Waals surface area contributed by atoms with E-state index in [1.165, 1.54) is 0 Å². The number of alkyl halides is 7. The Morgan fingerprint density at radius 1 is 1.07 bits per heavy atom.